The second-order valence-electron chi connectivity index (χ2n) is 7.37. The number of amides is 2. The molecule has 0 bridgehead atoms. The summed E-state index contributed by atoms with van der Waals surface area (Å²) in [6.45, 7) is 1.44. The number of nitrogens with two attached hydrogens (primary N) is 1. The number of benzene rings is 2. The molecule has 13 heteroatoms. The minimum Gasteiger partial charge on any atom is -0.330 e. The fourth-order valence-corrected chi connectivity index (χ4v) is 3.06. The SMILES string of the molecule is NCCCNCc1ccc(-c2cnc(NC(=O)Nc3ccc(F)c(C(F)(F)F)c3)[nH]c2=O)cc1F. The molecule has 2 amide bonds. The Labute approximate surface area is 195 Å². The van der Waals surface area contributed by atoms with Crippen molar-refractivity contribution >= 4 is 17.7 Å². The van der Waals surface area contributed by atoms with Gasteiger partial charge in [-0.2, -0.15) is 13.2 Å². The maximum Gasteiger partial charge on any atom is 0.419 e. The molecule has 0 saturated carbocycles. The van der Waals surface area contributed by atoms with Crippen molar-refractivity contribution in [2.45, 2.75) is 19.1 Å². The van der Waals surface area contributed by atoms with Crippen LogP contribution >= 0.6 is 0 Å². The Morgan fingerprint density at radius 1 is 1.06 bits per heavy atom. The molecule has 0 radical (unpaired) electrons. The third-order valence-corrected chi connectivity index (χ3v) is 4.80. The number of anilines is 2. The minimum absolute atomic E-state index is 0.0332. The van der Waals surface area contributed by atoms with E-state index in [-0.39, 0.29) is 29.3 Å². The molecular weight excluding hydrogens is 475 g/mol. The number of carbonyl (C=O) groups is 1. The molecule has 0 aliphatic rings. The summed E-state index contributed by atoms with van der Waals surface area (Å²) in [6, 6.07) is 5.15. The summed E-state index contributed by atoms with van der Waals surface area (Å²) in [4.78, 5) is 30.7. The van der Waals surface area contributed by atoms with Crippen LogP contribution in [-0.2, 0) is 12.7 Å². The average Bonchev–Trinajstić information content (AvgIpc) is 2.78. The zero-order chi connectivity index (χ0) is 25.6. The van der Waals surface area contributed by atoms with Crippen molar-refractivity contribution < 1.29 is 26.7 Å². The van der Waals surface area contributed by atoms with Crippen LogP contribution in [0.15, 0.2) is 47.4 Å². The number of urea groups is 1. The fourth-order valence-electron chi connectivity index (χ4n) is 3.06. The van der Waals surface area contributed by atoms with Crippen LogP contribution < -0.4 is 27.2 Å². The molecule has 3 rings (SSSR count). The van der Waals surface area contributed by atoms with Gasteiger partial charge in [0.05, 0.1) is 11.1 Å². The van der Waals surface area contributed by atoms with Gasteiger partial charge >= 0.3 is 12.2 Å². The Balaban J connectivity index is 1.68. The van der Waals surface area contributed by atoms with Crippen LogP contribution in [0.3, 0.4) is 0 Å². The molecule has 35 heavy (non-hydrogen) atoms. The Morgan fingerprint density at radius 2 is 1.83 bits per heavy atom. The highest BCUT2D eigenvalue weighted by atomic mass is 19.4. The van der Waals surface area contributed by atoms with Crippen molar-refractivity contribution in [3.63, 3.8) is 0 Å². The number of nitrogens with zero attached hydrogens (tertiary/aromatic N) is 1. The summed E-state index contributed by atoms with van der Waals surface area (Å²) < 4.78 is 66.2. The molecule has 8 nitrogen and oxygen atoms in total. The molecule has 0 aliphatic carbocycles. The van der Waals surface area contributed by atoms with Gasteiger partial charge in [0.2, 0.25) is 5.95 Å². The molecule has 0 saturated heterocycles. The zero-order valence-corrected chi connectivity index (χ0v) is 18.1. The topological polar surface area (TPSA) is 125 Å². The first kappa shape index (κ1) is 25.8. The number of rotatable bonds is 8. The molecule has 3 aromatic rings. The molecule has 0 aliphatic heterocycles. The number of carbonyl (C=O) groups excluding carboxylic acids is 1. The van der Waals surface area contributed by atoms with Gasteiger partial charge in [-0.25, -0.2) is 18.6 Å². The molecule has 0 atom stereocenters. The number of H-pyrrole nitrogens is 1. The van der Waals surface area contributed by atoms with E-state index in [1.807, 2.05) is 0 Å². The van der Waals surface area contributed by atoms with Crippen molar-refractivity contribution in [1.82, 2.24) is 15.3 Å². The average molecular weight is 496 g/mol. The van der Waals surface area contributed by atoms with Gasteiger partial charge in [-0.05, 0) is 49.3 Å². The van der Waals surface area contributed by atoms with Gasteiger partial charge in [0.25, 0.3) is 5.56 Å². The Bertz CT molecular complexity index is 1260. The van der Waals surface area contributed by atoms with E-state index in [1.54, 1.807) is 6.07 Å². The van der Waals surface area contributed by atoms with Gasteiger partial charge in [-0.15, -0.1) is 0 Å². The van der Waals surface area contributed by atoms with Crippen LogP contribution in [0.25, 0.3) is 11.1 Å². The van der Waals surface area contributed by atoms with Crippen molar-refractivity contribution in [1.29, 1.82) is 0 Å². The molecule has 1 heterocycles. The molecule has 0 spiro atoms. The number of hydrogen-bond acceptors (Lipinski definition) is 5. The van der Waals surface area contributed by atoms with Gasteiger partial charge < -0.3 is 16.4 Å². The van der Waals surface area contributed by atoms with Gasteiger partial charge in [-0.1, -0.05) is 12.1 Å². The highest BCUT2D eigenvalue weighted by molar-refractivity contribution is 5.98. The number of hydrogen-bond donors (Lipinski definition) is 5. The molecule has 186 valence electrons. The third kappa shape index (κ3) is 6.83. The molecule has 6 N–H and O–H groups in total. The first-order valence-corrected chi connectivity index (χ1v) is 10.3. The van der Waals surface area contributed by atoms with E-state index in [4.69, 9.17) is 5.73 Å². The third-order valence-electron chi connectivity index (χ3n) is 4.80. The number of nitrogens with one attached hydrogen (secondary N) is 4. The summed E-state index contributed by atoms with van der Waals surface area (Å²) in [5, 5.41) is 7.30. The zero-order valence-electron chi connectivity index (χ0n) is 18.1. The molecular formula is C22H21F5N6O2. The largest absolute Gasteiger partial charge is 0.419 e. The van der Waals surface area contributed by atoms with Crippen LogP contribution in [0, 0.1) is 11.6 Å². The van der Waals surface area contributed by atoms with Crippen molar-refractivity contribution in [2.75, 3.05) is 23.7 Å². The fraction of sp³-hybridized carbons (Fsp3) is 0.227. The van der Waals surface area contributed by atoms with Gasteiger partial charge in [0.15, 0.2) is 0 Å². The lowest BCUT2D eigenvalue weighted by molar-refractivity contribution is -0.139. The summed E-state index contributed by atoms with van der Waals surface area (Å²) in [5.74, 6) is -2.32. The van der Waals surface area contributed by atoms with Gasteiger partial charge in [-0.3, -0.25) is 15.1 Å². The van der Waals surface area contributed by atoms with E-state index in [0.717, 1.165) is 18.7 Å². The molecule has 0 fully saturated rings. The quantitative estimate of drug-likeness (QED) is 0.240. The lowest BCUT2D eigenvalue weighted by Crippen LogP contribution is -2.23. The van der Waals surface area contributed by atoms with Crippen molar-refractivity contribution in [2.24, 2.45) is 5.73 Å². The van der Waals surface area contributed by atoms with Crippen molar-refractivity contribution in [3.05, 3.63) is 75.7 Å². The standard InChI is InChI=1S/C22H21F5N6O2/c23-17-5-4-14(9-16(17)22(25,26)27)31-21(35)33-20-30-11-15(19(34)32-20)12-2-3-13(18(24)8-12)10-29-7-1-6-28/h2-5,8-9,11,29H,1,6-7,10,28H2,(H3,30,31,32,33,34,35). The van der Waals surface area contributed by atoms with E-state index >= 15 is 0 Å². The number of aromatic nitrogens is 2. The smallest absolute Gasteiger partial charge is 0.330 e. The Kier molecular flexibility index (Phi) is 8.14. The van der Waals surface area contributed by atoms with E-state index in [2.05, 4.69) is 25.9 Å². The summed E-state index contributed by atoms with van der Waals surface area (Å²) in [7, 11) is 0. The van der Waals surface area contributed by atoms with E-state index in [0.29, 0.717) is 30.8 Å². The molecule has 1 aromatic heterocycles. The first-order valence-electron chi connectivity index (χ1n) is 10.3. The summed E-state index contributed by atoms with van der Waals surface area (Å²) in [5.41, 5.74) is 3.53. The monoisotopic (exact) mass is 496 g/mol. The van der Waals surface area contributed by atoms with Crippen LogP contribution in [0.1, 0.15) is 17.5 Å². The van der Waals surface area contributed by atoms with Gasteiger partial charge in [0, 0.05) is 24.0 Å². The normalized spacial score (nSPS) is 11.4. The van der Waals surface area contributed by atoms with Crippen molar-refractivity contribution in [3.8, 4) is 11.1 Å². The Hall–Kier alpha value is -3.84. The minimum atomic E-state index is -4.94. The van der Waals surface area contributed by atoms with Crippen LogP contribution in [-0.4, -0.2) is 29.1 Å². The van der Waals surface area contributed by atoms with Gasteiger partial charge in [0.1, 0.15) is 11.6 Å². The predicted octanol–water partition coefficient (Wildman–Crippen LogP) is 3.82. The van der Waals surface area contributed by atoms with Crippen LogP contribution in [0.4, 0.5) is 38.4 Å². The lowest BCUT2D eigenvalue weighted by atomic mass is 10.1. The second-order valence-corrected chi connectivity index (χ2v) is 7.37. The molecule has 2 aromatic carbocycles. The first-order chi connectivity index (χ1) is 16.6. The summed E-state index contributed by atoms with van der Waals surface area (Å²) >= 11 is 0. The predicted molar refractivity (Wildman–Crippen MR) is 120 cm³/mol. The highest BCUT2D eigenvalue weighted by Crippen LogP contribution is 2.33. The maximum absolute atomic E-state index is 14.4. The lowest BCUT2D eigenvalue weighted by Gasteiger charge is -2.11. The van der Waals surface area contributed by atoms with E-state index in [1.165, 1.54) is 12.1 Å². The van der Waals surface area contributed by atoms with E-state index < -0.39 is 35.0 Å². The molecule has 0 unspecified atom stereocenters. The number of halogens is 5. The Morgan fingerprint density at radius 3 is 2.49 bits per heavy atom. The van der Waals surface area contributed by atoms with Crippen LogP contribution in [0.5, 0.6) is 0 Å². The number of alkyl halides is 3. The second kappa shape index (κ2) is 11.1. The number of aromatic amines is 1. The highest BCUT2D eigenvalue weighted by Gasteiger charge is 2.34. The maximum atomic E-state index is 14.4. The van der Waals surface area contributed by atoms with E-state index in [9.17, 15) is 31.5 Å². The van der Waals surface area contributed by atoms with Crippen LogP contribution in [0.2, 0.25) is 0 Å². The summed E-state index contributed by atoms with van der Waals surface area (Å²) in [6.07, 6.45) is -3.08.